The molecule has 2 aromatic carbocycles. The number of guanidine groups is 1. The largest absolute Gasteiger partial charge is 0.378 e. The van der Waals surface area contributed by atoms with Crippen LogP contribution in [0.1, 0.15) is 11.1 Å². The molecule has 0 atom stereocenters. The van der Waals surface area contributed by atoms with Crippen molar-refractivity contribution < 1.29 is 9.13 Å². The van der Waals surface area contributed by atoms with Crippen LogP contribution in [-0.4, -0.2) is 75.3 Å². The number of piperazine rings is 1. The molecule has 2 aliphatic heterocycles. The summed E-state index contributed by atoms with van der Waals surface area (Å²) in [5.74, 6) is 0.697. The molecule has 2 aliphatic rings. The molecule has 0 unspecified atom stereocenters. The predicted molar refractivity (Wildman–Crippen MR) is 138 cm³/mol. The van der Waals surface area contributed by atoms with Gasteiger partial charge in [0.2, 0.25) is 0 Å². The summed E-state index contributed by atoms with van der Waals surface area (Å²) in [5, 5.41) is 3.40. The van der Waals surface area contributed by atoms with E-state index >= 15 is 0 Å². The highest BCUT2D eigenvalue weighted by Gasteiger charge is 2.20. The Bertz CT molecular complexity index is 868. The summed E-state index contributed by atoms with van der Waals surface area (Å²) < 4.78 is 20.0. The second-order valence-electron chi connectivity index (χ2n) is 8.03. The molecule has 0 aliphatic carbocycles. The monoisotopic (exact) mass is 553 g/mol. The molecule has 2 aromatic rings. The van der Waals surface area contributed by atoms with Crippen molar-refractivity contribution in [2.24, 2.45) is 4.99 Å². The molecule has 0 saturated carbocycles. The van der Waals surface area contributed by atoms with Gasteiger partial charge in [-0.05, 0) is 23.3 Å². The fourth-order valence-electron chi connectivity index (χ4n) is 4.19. The molecule has 1 N–H and O–H groups in total. The van der Waals surface area contributed by atoms with Gasteiger partial charge in [-0.1, -0.05) is 36.4 Å². The second kappa shape index (κ2) is 12.4. The van der Waals surface area contributed by atoms with Crippen molar-refractivity contribution in [2.75, 3.05) is 64.4 Å². The zero-order valence-electron chi connectivity index (χ0n) is 18.7. The van der Waals surface area contributed by atoms with Crippen molar-refractivity contribution in [3.63, 3.8) is 0 Å². The molecule has 174 valence electrons. The van der Waals surface area contributed by atoms with Crippen LogP contribution in [0, 0.1) is 5.82 Å². The molecule has 2 heterocycles. The summed E-state index contributed by atoms with van der Waals surface area (Å²) in [6, 6.07) is 16.1. The minimum atomic E-state index is -0.175. The highest BCUT2D eigenvalue weighted by atomic mass is 127. The predicted octanol–water partition coefficient (Wildman–Crippen LogP) is 3.17. The number of morpholine rings is 1. The number of aliphatic imine (C=N–C) groups is 1. The van der Waals surface area contributed by atoms with Gasteiger partial charge in [0.1, 0.15) is 5.82 Å². The van der Waals surface area contributed by atoms with Crippen LogP contribution in [0.25, 0.3) is 0 Å². The van der Waals surface area contributed by atoms with Crippen molar-refractivity contribution in [3.8, 4) is 0 Å². The number of benzene rings is 2. The van der Waals surface area contributed by atoms with Gasteiger partial charge in [-0.3, -0.25) is 9.89 Å². The van der Waals surface area contributed by atoms with Gasteiger partial charge in [-0.15, -0.1) is 24.0 Å². The van der Waals surface area contributed by atoms with Crippen molar-refractivity contribution in [1.82, 2.24) is 15.1 Å². The van der Waals surface area contributed by atoms with E-state index < -0.39 is 0 Å². The van der Waals surface area contributed by atoms with Crippen LogP contribution in [0.3, 0.4) is 0 Å². The van der Waals surface area contributed by atoms with Gasteiger partial charge < -0.3 is 19.9 Å². The maximum absolute atomic E-state index is 14.7. The summed E-state index contributed by atoms with van der Waals surface area (Å²) >= 11 is 0. The maximum atomic E-state index is 14.7. The topological polar surface area (TPSA) is 43.3 Å². The zero-order chi connectivity index (χ0) is 21.5. The number of halogens is 2. The van der Waals surface area contributed by atoms with Crippen LogP contribution >= 0.6 is 24.0 Å². The lowest BCUT2D eigenvalue weighted by molar-refractivity contribution is 0.122. The van der Waals surface area contributed by atoms with Crippen LogP contribution in [0.2, 0.25) is 0 Å². The standard InChI is InChI=1S/C24H32FN5O.HI/c1-26-24(30-11-9-28(10-12-30)19-20-5-3-2-4-6-20)27-18-21-7-8-23(22(25)17-21)29-13-15-31-16-14-29;/h2-8,17H,9-16,18-19H2,1H3,(H,26,27);1H. The van der Waals surface area contributed by atoms with E-state index in [0.29, 0.717) is 25.4 Å². The third-order valence-electron chi connectivity index (χ3n) is 5.95. The van der Waals surface area contributed by atoms with Crippen LogP contribution in [0.15, 0.2) is 53.5 Å². The van der Waals surface area contributed by atoms with Gasteiger partial charge in [0.25, 0.3) is 0 Å². The first-order valence-electron chi connectivity index (χ1n) is 11.1. The van der Waals surface area contributed by atoms with Crippen molar-refractivity contribution in [3.05, 3.63) is 65.5 Å². The van der Waals surface area contributed by atoms with Gasteiger partial charge >= 0.3 is 0 Å². The smallest absolute Gasteiger partial charge is 0.194 e. The number of hydrogen-bond acceptors (Lipinski definition) is 4. The molecule has 0 aromatic heterocycles. The lowest BCUT2D eigenvalue weighted by Crippen LogP contribution is -2.52. The minimum absolute atomic E-state index is 0. The minimum Gasteiger partial charge on any atom is -0.378 e. The lowest BCUT2D eigenvalue weighted by Gasteiger charge is -2.36. The molecule has 4 rings (SSSR count). The number of nitrogens with zero attached hydrogens (tertiary/aromatic N) is 4. The van der Waals surface area contributed by atoms with Crippen molar-refractivity contribution in [2.45, 2.75) is 13.1 Å². The number of ether oxygens (including phenoxy) is 1. The molecule has 32 heavy (non-hydrogen) atoms. The van der Waals surface area contributed by atoms with Gasteiger partial charge in [0.05, 0.1) is 18.9 Å². The SMILES string of the molecule is CN=C(NCc1ccc(N2CCOCC2)c(F)c1)N1CCN(Cc2ccccc2)CC1.I. The Kier molecular flexibility index (Phi) is 9.55. The lowest BCUT2D eigenvalue weighted by atomic mass is 10.1. The molecule has 2 saturated heterocycles. The third kappa shape index (κ3) is 6.55. The Balaban J connectivity index is 0.00000289. The molecule has 0 bridgehead atoms. The molecule has 8 heteroatoms. The number of anilines is 1. The first kappa shape index (κ1) is 24.7. The average Bonchev–Trinajstić information content (AvgIpc) is 2.82. The molecular weight excluding hydrogens is 520 g/mol. The van der Waals surface area contributed by atoms with E-state index in [4.69, 9.17) is 4.74 Å². The van der Waals surface area contributed by atoms with E-state index in [-0.39, 0.29) is 29.8 Å². The Morgan fingerprint density at radius 2 is 1.69 bits per heavy atom. The van der Waals surface area contributed by atoms with E-state index in [0.717, 1.165) is 57.3 Å². The fourth-order valence-corrected chi connectivity index (χ4v) is 4.19. The molecular formula is C24H33FIN5O. The van der Waals surface area contributed by atoms with Crippen LogP contribution in [-0.2, 0) is 17.8 Å². The maximum Gasteiger partial charge on any atom is 0.194 e. The molecule has 0 amide bonds. The van der Waals surface area contributed by atoms with E-state index in [1.165, 1.54) is 5.56 Å². The van der Waals surface area contributed by atoms with Crippen LogP contribution < -0.4 is 10.2 Å². The van der Waals surface area contributed by atoms with E-state index in [2.05, 4.69) is 50.4 Å². The highest BCUT2D eigenvalue weighted by molar-refractivity contribution is 14.0. The normalized spacial score (nSPS) is 17.8. The summed E-state index contributed by atoms with van der Waals surface area (Å²) in [5.41, 5.74) is 2.92. The molecule has 0 radical (unpaired) electrons. The first-order valence-corrected chi connectivity index (χ1v) is 11.1. The van der Waals surface area contributed by atoms with Crippen molar-refractivity contribution >= 4 is 35.6 Å². The van der Waals surface area contributed by atoms with Gasteiger partial charge in [0, 0.05) is 59.4 Å². The van der Waals surface area contributed by atoms with E-state index in [1.807, 2.05) is 17.0 Å². The molecule has 0 spiro atoms. The van der Waals surface area contributed by atoms with E-state index in [1.54, 1.807) is 13.1 Å². The number of hydrogen-bond donors (Lipinski definition) is 1. The summed E-state index contributed by atoms with van der Waals surface area (Å²) in [6.45, 7) is 8.15. The Hall–Kier alpha value is -1.91. The van der Waals surface area contributed by atoms with Crippen LogP contribution in [0.4, 0.5) is 10.1 Å². The zero-order valence-corrected chi connectivity index (χ0v) is 21.0. The molecule has 2 fully saturated rings. The number of rotatable bonds is 5. The second-order valence-corrected chi connectivity index (χ2v) is 8.03. The first-order chi connectivity index (χ1) is 15.2. The third-order valence-corrected chi connectivity index (χ3v) is 5.95. The van der Waals surface area contributed by atoms with Crippen LogP contribution in [0.5, 0.6) is 0 Å². The number of nitrogens with one attached hydrogen (secondary N) is 1. The summed E-state index contributed by atoms with van der Waals surface area (Å²) in [7, 11) is 1.81. The van der Waals surface area contributed by atoms with E-state index in [9.17, 15) is 4.39 Å². The quantitative estimate of drug-likeness (QED) is 0.350. The summed E-state index contributed by atoms with van der Waals surface area (Å²) in [6.07, 6.45) is 0. The van der Waals surface area contributed by atoms with Gasteiger partial charge in [-0.25, -0.2) is 4.39 Å². The van der Waals surface area contributed by atoms with Gasteiger partial charge in [0.15, 0.2) is 5.96 Å². The average molecular weight is 553 g/mol. The van der Waals surface area contributed by atoms with Gasteiger partial charge in [-0.2, -0.15) is 0 Å². The Morgan fingerprint density at radius 3 is 2.34 bits per heavy atom. The Labute approximate surface area is 207 Å². The van der Waals surface area contributed by atoms with Crippen molar-refractivity contribution in [1.29, 1.82) is 0 Å². The summed E-state index contributed by atoms with van der Waals surface area (Å²) in [4.78, 5) is 11.2. The molecule has 6 nitrogen and oxygen atoms in total. The fraction of sp³-hybridized carbons (Fsp3) is 0.458. The Morgan fingerprint density at radius 1 is 0.969 bits per heavy atom. The highest BCUT2D eigenvalue weighted by Crippen LogP contribution is 2.21.